The maximum atomic E-state index is 12.7. The molecular weight excluding hydrogens is 179 g/mol. The molecule has 2 rings (SSSR count). The van der Waals surface area contributed by atoms with Crippen molar-refractivity contribution < 1.29 is 4.39 Å². The first-order chi connectivity index (χ1) is 6.66. The van der Waals surface area contributed by atoms with Gasteiger partial charge in [-0.15, -0.1) is 0 Å². The third kappa shape index (κ3) is 1.79. The van der Waals surface area contributed by atoms with Crippen molar-refractivity contribution in [3.63, 3.8) is 0 Å². The van der Waals surface area contributed by atoms with E-state index in [9.17, 15) is 4.39 Å². The number of hydrogen-bond acceptors (Lipinski definition) is 2. The topological polar surface area (TPSA) is 29.3 Å². The lowest BCUT2D eigenvalue weighted by molar-refractivity contribution is 0.103. The van der Waals surface area contributed by atoms with E-state index in [4.69, 9.17) is 5.73 Å². The summed E-state index contributed by atoms with van der Waals surface area (Å²) in [5.41, 5.74) is 6.86. The lowest BCUT2D eigenvalue weighted by atomic mass is 10.0. The molecule has 14 heavy (non-hydrogen) atoms. The first kappa shape index (κ1) is 9.62. The molecule has 1 aromatic carbocycles. The summed E-state index contributed by atoms with van der Waals surface area (Å²) < 4.78 is 12.7. The van der Waals surface area contributed by atoms with Gasteiger partial charge in [0.2, 0.25) is 0 Å². The number of halogens is 1. The average molecular weight is 194 g/mol. The number of rotatable bonds is 2. The van der Waals surface area contributed by atoms with Crippen LogP contribution in [0.4, 0.5) is 4.39 Å². The summed E-state index contributed by atoms with van der Waals surface area (Å²) in [5.74, 6) is -0.179. The van der Waals surface area contributed by atoms with Crippen molar-refractivity contribution in [2.24, 2.45) is 5.73 Å². The van der Waals surface area contributed by atoms with Crippen LogP contribution >= 0.6 is 0 Å². The van der Waals surface area contributed by atoms with E-state index in [0.717, 1.165) is 18.7 Å². The van der Waals surface area contributed by atoms with Crippen molar-refractivity contribution in [1.82, 2.24) is 4.90 Å². The summed E-state index contributed by atoms with van der Waals surface area (Å²) in [6.07, 6.45) is 0. The molecule has 1 aromatic rings. The van der Waals surface area contributed by atoms with E-state index >= 15 is 0 Å². The summed E-state index contributed by atoms with van der Waals surface area (Å²) in [6.45, 7) is 4.01. The van der Waals surface area contributed by atoms with Gasteiger partial charge >= 0.3 is 0 Å². The van der Waals surface area contributed by atoms with Crippen LogP contribution in [0.5, 0.6) is 0 Å². The molecule has 0 bridgehead atoms. The molecule has 0 amide bonds. The standard InChI is InChI=1S/C11H15FN2/c1-8(14-6-11(13)7-14)9-2-4-10(12)5-3-9/h2-5,8,11H,6-7,13H2,1H3. The molecule has 1 saturated heterocycles. The first-order valence-corrected chi connectivity index (χ1v) is 4.92. The highest BCUT2D eigenvalue weighted by Crippen LogP contribution is 2.24. The molecule has 0 spiro atoms. The quantitative estimate of drug-likeness (QED) is 0.773. The number of nitrogens with zero attached hydrogens (tertiary/aromatic N) is 1. The van der Waals surface area contributed by atoms with Gasteiger partial charge in [-0.2, -0.15) is 0 Å². The summed E-state index contributed by atoms with van der Waals surface area (Å²) in [5, 5.41) is 0. The molecule has 2 nitrogen and oxygen atoms in total. The number of nitrogens with two attached hydrogens (primary N) is 1. The van der Waals surface area contributed by atoms with Crippen molar-refractivity contribution in [2.75, 3.05) is 13.1 Å². The molecular formula is C11H15FN2. The lowest BCUT2D eigenvalue weighted by Crippen LogP contribution is -2.56. The molecule has 3 heteroatoms. The van der Waals surface area contributed by atoms with E-state index in [1.807, 2.05) is 12.1 Å². The van der Waals surface area contributed by atoms with Crippen LogP contribution in [0.3, 0.4) is 0 Å². The van der Waals surface area contributed by atoms with Crippen LogP contribution in [0.25, 0.3) is 0 Å². The predicted octanol–water partition coefficient (Wildman–Crippen LogP) is 1.53. The van der Waals surface area contributed by atoms with Gasteiger partial charge < -0.3 is 5.73 Å². The van der Waals surface area contributed by atoms with Gasteiger partial charge in [-0.1, -0.05) is 12.1 Å². The van der Waals surface area contributed by atoms with Crippen LogP contribution in [-0.4, -0.2) is 24.0 Å². The Morgan fingerprint density at radius 1 is 1.36 bits per heavy atom. The summed E-state index contributed by atoms with van der Waals surface area (Å²) in [4.78, 5) is 2.29. The largest absolute Gasteiger partial charge is 0.325 e. The average Bonchev–Trinajstić information content (AvgIpc) is 2.13. The van der Waals surface area contributed by atoms with Crippen molar-refractivity contribution >= 4 is 0 Å². The van der Waals surface area contributed by atoms with Gasteiger partial charge in [-0.3, -0.25) is 4.90 Å². The van der Waals surface area contributed by atoms with E-state index in [0.29, 0.717) is 12.1 Å². The van der Waals surface area contributed by atoms with Gasteiger partial charge in [0.25, 0.3) is 0 Å². The van der Waals surface area contributed by atoms with Crippen LogP contribution in [0.1, 0.15) is 18.5 Å². The second kappa shape index (κ2) is 3.67. The zero-order chi connectivity index (χ0) is 10.1. The molecule has 0 aliphatic carbocycles. The normalized spacial score (nSPS) is 20.5. The predicted molar refractivity (Wildman–Crippen MR) is 54.4 cm³/mol. The van der Waals surface area contributed by atoms with Gasteiger partial charge in [0.1, 0.15) is 5.82 Å². The van der Waals surface area contributed by atoms with Crippen molar-refractivity contribution in [2.45, 2.75) is 19.0 Å². The van der Waals surface area contributed by atoms with Crippen LogP contribution in [0, 0.1) is 5.82 Å². The molecule has 1 fully saturated rings. The third-order valence-corrected chi connectivity index (χ3v) is 2.84. The zero-order valence-electron chi connectivity index (χ0n) is 8.28. The molecule has 0 saturated carbocycles. The van der Waals surface area contributed by atoms with Crippen LogP contribution in [-0.2, 0) is 0 Å². The van der Waals surface area contributed by atoms with Crippen LogP contribution in [0.15, 0.2) is 24.3 Å². The maximum Gasteiger partial charge on any atom is 0.123 e. The molecule has 2 N–H and O–H groups in total. The van der Waals surface area contributed by atoms with E-state index in [1.165, 1.54) is 12.1 Å². The fourth-order valence-corrected chi connectivity index (χ4v) is 1.82. The SMILES string of the molecule is CC(c1ccc(F)cc1)N1CC(N)C1. The van der Waals surface area contributed by atoms with Gasteiger partial charge in [0.05, 0.1) is 0 Å². The van der Waals surface area contributed by atoms with Crippen molar-refractivity contribution in [3.8, 4) is 0 Å². The molecule has 1 aliphatic heterocycles. The Morgan fingerprint density at radius 2 is 1.93 bits per heavy atom. The highest BCUT2D eigenvalue weighted by atomic mass is 19.1. The number of benzene rings is 1. The molecule has 1 aliphatic rings. The Bertz CT molecular complexity index is 304. The van der Waals surface area contributed by atoms with Crippen molar-refractivity contribution in [1.29, 1.82) is 0 Å². The summed E-state index contributed by atoms with van der Waals surface area (Å²) >= 11 is 0. The minimum Gasteiger partial charge on any atom is -0.325 e. The van der Waals surface area contributed by atoms with Gasteiger partial charge in [0.15, 0.2) is 0 Å². The van der Waals surface area contributed by atoms with Gasteiger partial charge in [-0.05, 0) is 24.6 Å². The number of hydrogen-bond donors (Lipinski definition) is 1. The van der Waals surface area contributed by atoms with E-state index < -0.39 is 0 Å². The lowest BCUT2D eigenvalue weighted by Gasteiger charge is -2.41. The Hall–Kier alpha value is -0.930. The molecule has 0 radical (unpaired) electrons. The summed E-state index contributed by atoms with van der Waals surface area (Å²) in [7, 11) is 0. The zero-order valence-corrected chi connectivity index (χ0v) is 8.28. The van der Waals surface area contributed by atoms with Crippen molar-refractivity contribution in [3.05, 3.63) is 35.6 Å². The Kier molecular flexibility index (Phi) is 2.52. The molecule has 1 unspecified atom stereocenters. The highest BCUT2D eigenvalue weighted by Gasteiger charge is 2.27. The Labute approximate surface area is 83.5 Å². The first-order valence-electron chi connectivity index (χ1n) is 4.92. The molecule has 0 aromatic heterocycles. The minimum atomic E-state index is -0.179. The van der Waals surface area contributed by atoms with Crippen LogP contribution < -0.4 is 5.73 Å². The van der Waals surface area contributed by atoms with E-state index in [1.54, 1.807) is 0 Å². The second-order valence-corrected chi connectivity index (χ2v) is 3.94. The third-order valence-electron chi connectivity index (χ3n) is 2.84. The van der Waals surface area contributed by atoms with Gasteiger partial charge in [0, 0.05) is 25.2 Å². The monoisotopic (exact) mass is 194 g/mol. The summed E-state index contributed by atoms with van der Waals surface area (Å²) in [6, 6.07) is 7.35. The fourth-order valence-electron chi connectivity index (χ4n) is 1.82. The fraction of sp³-hybridized carbons (Fsp3) is 0.455. The molecule has 76 valence electrons. The highest BCUT2D eigenvalue weighted by molar-refractivity contribution is 5.20. The second-order valence-electron chi connectivity index (χ2n) is 3.94. The smallest absolute Gasteiger partial charge is 0.123 e. The molecule has 1 heterocycles. The minimum absolute atomic E-state index is 0.179. The Morgan fingerprint density at radius 3 is 2.43 bits per heavy atom. The Balaban J connectivity index is 2.04. The van der Waals surface area contributed by atoms with E-state index in [-0.39, 0.29) is 5.82 Å². The number of likely N-dealkylation sites (tertiary alicyclic amines) is 1. The van der Waals surface area contributed by atoms with Crippen LogP contribution in [0.2, 0.25) is 0 Å². The maximum absolute atomic E-state index is 12.7. The molecule has 1 atom stereocenters. The van der Waals surface area contributed by atoms with E-state index in [2.05, 4.69) is 11.8 Å². The van der Waals surface area contributed by atoms with Gasteiger partial charge in [-0.25, -0.2) is 4.39 Å².